The highest BCUT2D eigenvalue weighted by atomic mass is 32.1. The Balaban J connectivity index is 2.10. The highest BCUT2D eigenvalue weighted by Gasteiger charge is 2.23. The third-order valence-electron chi connectivity index (χ3n) is 2.87. The number of fused-ring (bicyclic) bond motifs is 1. The third kappa shape index (κ3) is 2.62. The molecule has 0 spiro atoms. The van der Waals surface area contributed by atoms with Crippen LogP contribution in [0.3, 0.4) is 0 Å². The molecule has 1 aromatic rings. The van der Waals surface area contributed by atoms with Crippen LogP contribution in [0.5, 0.6) is 0 Å². The van der Waals surface area contributed by atoms with E-state index in [0.29, 0.717) is 12.6 Å². The van der Waals surface area contributed by atoms with E-state index in [4.69, 9.17) is 4.74 Å². The minimum atomic E-state index is 0.529. The van der Waals surface area contributed by atoms with E-state index in [1.807, 2.05) is 18.3 Å². The van der Waals surface area contributed by atoms with Crippen molar-refractivity contribution in [3.05, 3.63) is 15.6 Å². The number of hydrogen-bond acceptors (Lipinski definition) is 4. The van der Waals surface area contributed by atoms with E-state index >= 15 is 0 Å². The van der Waals surface area contributed by atoms with Crippen molar-refractivity contribution in [2.75, 3.05) is 13.2 Å². The number of hydrogen-bond donors (Lipinski definition) is 1. The molecule has 3 nitrogen and oxygen atoms in total. The average molecular weight is 240 g/mol. The number of nitrogens with zero attached hydrogens (tertiary/aromatic N) is 1. The van der Waals surface area contributed by atoms with Crippen molar-refractivity contribution < 1.29 is 4.74 Å². The van der Waals surface area contributed by atoms with Crippen molar-refractivity contribution in [1.82, 2.24) is 10.3 Å². The lowest BCUT2D eigenvalue weighted by Crippen LogP contribution is -2.23. The van der Waals surface area contributed by atoms with Gasteiger partial charge in [0, 0.05) is 17.5 Å². The van der Waals surface area contributed by atoms with Crippen molar-refractivity contribution >= 4 is 11.3 Å². The van der Waals surface area contributed by atoms with Crippen LogP contribution in [0, 0.1) is 0 Å². The van der Waals surface area contributed by atoms with Gasteiger partial charge < -0.3 is 10.1 Å². The quantitative estimate of drug-likeness (QED) is 0.859. The van der Waals surface area contributed by atoms with E-state index in [1.165, 1.54) is 23.4 Å². The third-order valence-corrected chi connectivity index (χ3v) is 4.06. The zero-order chi connectivity index (χ0) is 11.4. The van der Waals surface area contributed by atoms with Crippen molar-refractivity contribution in [3.8, 4) is 0 Å². The van der Waals surface area contributed by atoms with Crippen LogP contribution in [-0.4, -0.2) is 18.1 Å². The summed E-state index contributed by atoms with van der Waals surface area (Å²) in [6, 6.07) is 0.529. The maximum Gasteiger partial charge on any atom is 0.119 e. The number of thiazole rings is 1. The number of rotatable bonds is 5. The monoisotopic (exact) mass is 240 g/mol. The topological polar surface area (TPSA) is 34.2 Å². The number of aromatic nitrogens is 1. The fourth-order valence-corrected chi connectivity index (χ4v) is 3.32. The summed E-state index contributed by atoms with van der Waals surface area (Å²) >= 11 is 1.82. The fourth-order valence-electron chi connectivity index (χ4n) is 2.16. The van der Waals surface area contributed by atoms with Gasteiger partial charge in [-0.2, -0.15) is 0 Å². The molecule has 2 rings (SSSR count). The maximum atomic E-state index is 5.42. The van der Waals surface area contributed by atoms with E-state index < -0.39 is 0 Å². The first-order chi connectivity index (χ1) is 7.85. The molecule has 0 amide bonds. The summed E-state index contributed by atoms with van der Waals surface area (Å²) in [7, 11) is 0. The minimum absolute atomic E-state index is 0.529. The smallest absolute Gasteiger partial charge is 0.119 e. The summed E-state index contributed by atoms with van der Waals surface area (Å²) in [4.78, 5) is 6.12. The lowest BCUT2D eigenvalue weighted by Gasteiger charge is -2.21. The Kier molecular flexibility index (Phi) is 4.32. The van der Waals surface area contributed by atoms with Crippen LogP contribution in [-0.2, 0) is 17.8 Å². The first kappa shape index (κ1) is 12.0. The molecule has 0 aromatic carbocycles. The molecule has 1 heterocycles. The van der Waals surface area contributed by atoms with Gasteiger partial charge in [0.05, 0.1) is 12.3 Å². The lowest BCUT2D eigenvalue weighted by molar-refractivity contribution is 0.133. The molecule has 0 saturated carbocycles. The molecule has 0 fully saturated rings. The van der Waals surface area contributed by atoms with Gasteiger partial charge in [-0.1, -0.05) is 6.92 Å². The summed E-state index contributed by atoms with van der Waals surface area (Å²) in [5, 5.41) is 4.68. The van der Waals surface area contributed by atoms with Crippen molar-refractivity contribution in [2.24, 2.45) is 0 Å². The molecule has 1 aliphatic carbocycles. The first-order valence-corrected chi connectivity index (χ1v) is 6.96. The molecule has 0 radical (unpaired) electrons. The van der Waals surface area contributed by atoms with E-state index in [9.17, 15) is 0 Å². The minimum Gasteiger partial charge on any atom is -0.375 e. The number of aryl methyl sites for hydroxylation is 1. The lowest BCUT2D eigenvalue weighted by atomic mass is 9.98. The van der Waals surface area contributed by atoms with Gasteiger partial charge in [-0.25, -0.2) is 4.98 Å². The highest BCUT2D eigenvalue weighted by Crippen LogP contribution is 2.34. The van der Waals surface area contributed by atoms with Gasteiger partial charge in [0.1, 0.15) is 5.01 Å². The largest absolute Gasteiger partial charge is 0.375 e. The zero-order valence-electron chi connectivity index (χ0n) is 10.1. The molecule has 0 aliphatic heterocycles. The standard InChI is InChI=1S/C12H20N2OS/c1-3-13-9-6-5-7-10-12(9)16-11(14-10)8-15-4-2/h9,13H,3-8H2,1-2H3. The summed E-state index contributed by atoms with van der Waals surface area (Å²) in [6.45, 7) is 6.65. The first-order valence-electron chi connectivity index (χ1n) is 6.14. The number of nitrogens with one attached hydrogen (secondary N) is 1. The van der Waals surface area contributed by atoms with Gasteiger partial charge in [0.25, 0.3) is 0 Å². The van der Waals surface area contributed by atoms with Crippen LogP contribution < -0.4 is 5.32 Å². The molecule has 4 heteroatoms. The zero-order valence-corrected chi connectivity index (χ0v) is 10.9. The molecule has 1 atom stereocenters. The Morgan fingerprint density at radius 1 is 1.50 bits per heavy atom. The van der Waals surface area contributed by atoms with Crippen molar-refractivity contribution in [2.45, 2.75) is 45.8 Å². The molecular weight excluding hydrogens is 220 g/mol. The summed E-state index contributed by atoms with van der Waals surface area (Å²) in [5.74, 6) is 0. The van der Waals surface area contributed by atoms with E-state index in [1.54, 1.807) is 0 Å². The predicted molar refractivity (Wildman–Crippen MR) is 66.8 cm³/mol. The van der Waals surface area contributed by atoms with Crippen molar-refractivity contribution in [3.63, 3.8) is 0 Å². The van der Waals surface area contributed by atoms with E-state index in [2.05, 4.69) is 17.2 Å². The van der Waals surface area contributed by atoms with E-state index in [-0.39, 0.29) is 0 Å². The Bertz CT molecular complexity index is 338. The average Bonchev–Trinajstić information content (AvgIpc) is 2.70. The summed E-state index contributed by atoms with van der Waals surface area (Å²) in [5.41, 5.74) is 1.30. The Labute approximate surface area is 101 Å². The second-order valence-electron chi connectivity index (χ2n) is 4.06. The van der Waals surface area contributed by atoms with E-state index in [0.717, 1.165) is 24.6 Å². The Morgan fingerprint density at radius 2 is 2.38 bits per heavy atom. The van der Waals surface area contributed by atoms with Gasteiger partial charge in [0.15, 0.2) is 0 Å². The van der Waals surface area contributed by atoms with Gasteiger partial charge in [-0.05, 0) is 32.7 Å². The second kappa shape index (κ2) is 5.75. The van der Waals surface area contributed by atoms with Crippen LogP contribution in [0.4, 0.5) is 0 Å². The molecule has 1 aromatic heterocycles. The molecule has 1 N–H and O–H groups in total. The molecule has 0 bridgehead atoms. The van der Waals surface area contributed by atoms with Gasteiger partial charge in [-0.3, -0.25) is 0 Å². The molecule has 16 heavy (non-hydrogen) atoms. The molecule has 0 saturated heterocycles. The molecular formula is C12H20N2OS. The SMILES string of the molecule is CCNC1CCCc2nc(COCC)sc21. The van der Waals surface area contributed by atoms with Crippen LogP contribution in [0.1, 0.15) is 48.3 Å². The van der Waals surface area contributed by atoms with Crippen LogP contribution >= 0.6 is 11.3 Å². The molecule has 1 unspecified atom stereocenters. The van der Waals surface area contributed by atoms with Crippen LogP contribution in [0.25, 0.3) is 0 Å². The van der Waals surface area contributed by atoms with Crippen LogP contribution in [0.2, 0.25) is 0 Å². The summed E-state index contributed by atoms with van der Waals surface area (Å²) in [6.07, 6.45) is 3.64. The Hall–Kier alpha value is -0.450. The van der Waals surface area contributed by atoms with Gasteiger partial charge in [-0.15, -0.1) is 11.3 Å². The van der Waals surface area contributed by atoms with Crippen LogP contribution in [0.15, 0.2) is 0 Å². The van der Waals surface area contributed by atoms with Gasteiger partial charge in [0.2, 0.25) is 0 Å². The van der Waals surface area contributed by atoms with Crippen molar-refractivity contribution in [1.29, 1.82) is 0 Å². The second-order valence-corrected chi connectivity index (χ2v) is 5.17. The Morgan fingerprint density at radius 3 is 3.12 bits per heavy atom. The fraction of sp³-hybridized carbons (Fsp3) is 0.750. The number of ether oxygens (including phenoxy) is 1. The molecule has 1 aliphatic rings. The van der Waals surface area contributed by atoms with Gasteiger partial charge >= 0.3 is 0 Å². The summed E-state index contributed by atoms with van der Waals surface area (Å²) < 4.78 is 5.42. The predicted octanol–water partition coefficient (Wildman–Crippen LogP) is 2.67. The normalized spacial score (nSPS) is 19.8. The molecule has 90 valence electrons. The maximum absolute atomic E-state index is 5.42. The highest BCUT2D eigenvalue weighted by molar-refractivity contribution is 7.11.